The van der Waals surface area contributed by atoms with Crippen LogP contribution in [0.3, 0.4) is 0 Å². The third-order valence-corrected chi connectivity index (χ3v) is 8.67. The fourth-order valence-corrected chi connectivity index (χ4v) is 6.28. The van der Waals surface area contributed by atoms with Crippen molar-refractivity contribution in [3.63, 3.8) is 0 Å². The van der Waals surface area contributed by atoms with E-state index in [0.29, 0.717) is 22.1 Å². The summed E-state index contributed by atoms with van der Waals surface area (Å²) in [6.07, 6.45) is 0.934. The standard InChI is InChI=1S/C20H25N5O2S3/c1-5-25-7-6-13-14(8-25)30-20(21-13)24-17(26)12(4)28-9-15-22-18(27)16-10(2)11(3)29-19(16)23-15/h12H,5-9H2,1-4H3,(H,21,24,26)(H,22,23,27). The van der Waals surface area contributed by atoms with Gasteiger partial charge < -0.3 is 10.3 Å². The largest absolute Gasteiger partial charge is 0.309 e. The van der Waals surface area contributed by atoms with Crippen molar-refractivity contribution in [3.05, 3.63) is 37.2 Å². The van der Waals surface area contributed by atoms with Crippen LogP contribution in [0.25, 0.3) is 10.2 Å². The summed E-state index contributed by atoms with van der Waals surface area (Å²) in [5.41, 5.74) is 1.99. The van der Waals surface area contributed by atoms with Crippen molar-refractivity contribution in [1.82, 2.24) is 19.9 Å². The maximum absolute atomic E-state index is 12.6. The van der Waals surface area contributed by atoms with Gasteiger partial charge in [0.15, 0.2) is 5.13 Å². The lowest BCUT2D eigenvalue weighted by Gasteiger charge is -2.23. The summed E-state index contributed by atoms with van der Waals surface area (Å²) in [7, 11) is 0. The van der Waals surface area contributed by atoms with Gasteiger partial charge in [0.2, 0.25) is 5.91 Å². The summed E-state index contributed by atoms with van der Waals surface area (Å²) in [5.74, 6) is 0.989. The highest BCUT2D eigenvalue weighted by molar-refractivity contribution is 7.99. The van der Waals surface area contributed by atoms with Crippen LogP contribution in [0.5, 0.6) is 0 Å². The van der Waals surface area contributed by atoms with Gasteiger partial charge in [-0.15, -0.1) is 34.4 Å². The molecule has 10 heteroatoms. The van der Waals surface area contributed by atoms with E-state index in [1.807, 2.05) is 20.8 Å². The number of thiazole rings is 1. The number of amides is 1. The minimum atomic E-state index is -0.286. The molecule has 0 saturated heterocycles. The van der Waals surface area contributed by atoms with Gasteiger partial charge in [-0.25, -0.2) is 9.97 Å². The average molecular weight is 464 g/mol. The zero-order valence-electron chi connectivity index (χ0n) is 17.5. The molecule has 7 nitrogen and oxygen atoms in total. The molecule has 3 aromatic heterocycles. The van der Waals surface area contributed by atoms with Gasteiger partial charge in [-0.2, -0.15) is 0 Å². The lowest BCUT2D eigenvalue weighted by atomic mass is 10.2. The van der Waals surface area contributed by atoms with Crippen LogP contribution in [0, 0.1) is 13.8 Å². The molecule has 1 aliphatic heterocycles. The summed E-state index contributed by atoms with van der Waals surface area (Å²) < 4.78 is 0. The number of hydrogen-bond donors (Lipinski definition) is 2. The molecular formula is C20H25N5O2S3. The molecule has 0 aliphatic carbocycles. The molecule has 1 unspecified atom stereocenters. The average Bonchev–Trinajstić information content (AvgIpc) is 3.25. The van der Waals surface area contributed by atoms with E-state index in [4.69, 9.17) is 0 Å². The number of anilines is 1. The molecule has 3 aromatic rings. The molecule has 1 amide bonds. The van der Waals surface area contributed by atoms with Crippen LogP contribution in [0.15, 0.2) is 4.79 Å². The van der Waals surface area contributed by atoms with Crippen LogP contribution in [-0.2, 0) is 23.5 Å². The lowest BCUT2D eigenvalue weighted by molar-refractivity contribution is -0.115. The van der Waals surface area contributed by atoms with Crippen molar-refractivity contribution in [2.45, 2.75) is 51.7 Å². The second kappa shape index (κ2) is 8.78. The summed E-state index contributed by atoms with van der Waals surface area (Å²) in [6, 6.07) is 0. The van der Waals surface area contributed by atoms with Crippen molar-refractivity contribution in [2.75, 3.05) is 18.4 Å². The van der Waals surface area contributed by atoms with Gasteiger partial charge in [0.1, 0.15) is 10.7 Å². The molecule has 2 N–H and O–H groups in total. The molecule has 0 spiro atoms. The Morgan fingerprint density at radius 1 is 1.33 bits per heavy atom. The Hall–Kier alpha value is -1.75. The van der Waals surface area contributed by atoms with E-state index in [1.165, 1.54) is 28.0 Å². The quantitative estimate of drug-likeness (QED) is 0.579. The predicted octanol–water partition coefficient (Wildman–Crippen LogP) is 3.70. The number of H-pyrrole nitrogens is 1. The number of carbonyl (C=O) groups excluding carboxylic acids is 1. The van der Waals surface area contributed by atoms with Crippen molar-refractivity contribution < 1.29 is 4.79 Å². The van der Waals surface area contributed by atoms with Crippen LogP contribution < -0.4 is 10.9 Å². The number of rotatable bonds is 6. The molecule has 0 aromatic carbocycles. The van der Waals surface area contributed by atoms with E-state index >= 15 is 0 Å². The number of thiophene rings is 1. The van der Waals surface area contributed by atoms with Crippen LogP contribution >= 0.6 is 34.4 Å². The van der Waals surface area contributed by atoms with Gasteiger partial charge in [0.05, 0.1) is 22.1 Å². The Balaban J connectivity index is 1.38. The molecule has 0 saturated carbocycles. The second-order valence-electron chi connectivity index (χ2n) is 7.43. The fourth-order valence-electron chi connectivity index (χ4n) is 3.43. The van der Waals surface area contributed by atoms with Gasteiger partial charge in [-0.1, -0.05) is 6.92 Å². The SMILES string of the molecule is CCN1CCc2nc(NC(=O)C(C)SCc3nc4sc(C)c(C)c4c(=O)[nH]3)sc2C1. The van der Waals surface area contributed by atoms with Crippen molar-refractivity contribution in [3.8, 4) is 0 Å². The third-order valence-electron chi connectivity index (χ3n) is 5.42. The van der Waals surface area contributed by atoms with Gasteiger partial charge >= 0.3 is 0 Å². The molecule has 160 valence electrons. The summed E-state index contributed by atoms with van der Waals surface area (Å²) >= 11 is 4.56. The highest BCUT2D eigenvalue weighted by Crippen LogP contribution is 2.29. The minimum absolute atomic E-state index is 0.0790. The first kappa shape index (κ1) is 21.5. The number of nitrogens with one attached hydrogen (secondary N) is 2. The number of aromatic nitrogens is 3. The Morgan fingerprint density at radius 3 is 2.90 bits per heavy atom. The number of carbonyl (C=O) groups is 1. The molecule has 4 heterocycles. The normalized spacial score (nSPS) is 15.3. The van der Waals surface area contributed by atoms with Crippen LogP contribution in [-0.4, -0.2) is 44.1 Å². The number of aromatic amines is 1. The van der Waals surface area contributed by atoms with E-state index in [2.05, 4.69) is 32.1 Å². The topological polar surface area (TPSA) is 91.0 Å². The van der Waals surface area contributed by atoms with Gasteiger partial charge in [-0.3, -0.25) is 14.5 Å². The Morgan fingerprint density at radius 2 is 2.13 bits per heavy atom. The van der Waals surface area contributed by atoms with E-state index < -0.39 is 0 Å². The van der Waals surface area contributed by atoms with Crippen LogP contribution in [0.1, 0.15) is 40.7 Å². The summed E-state index contributed by atoms with van der Waals surface area (Å²) in [4.78, 5) is 42.6. The van der Waals surface area contributed by atoms with Crippen molar-refractivity contribution in [1.29, 1.82) is 0 Å². The van der Waals surface area contributed by atoms with Gasteiger partial charge in [-0.05, 0) is 32.9 Å². The Kier molecular flexibility index (Phi) is 6.29. The lowest BCUT2D eigenvalue weighted by Crippen LogP contribution is -2.29. The smallest absolute Gasteiger partial charge is 0.259 e. The number of hydrogen-bond acceptors (Lipinski definition) is 8. The van der Waals surface area contributed by atoms with E-state index in [1.54, 1.807) is 11.3 Å². The number of likely N-dealkylation sites (N-methyl/N-ethyl adjacent to an activating group) is 1. The molecule has 0 bridgehead atoms. The molecule has 0 radical (unpaired) electrons. The summed E-state index contributed by atoms with van der Waals surface area (Å²) in [6.45, 7) is 10.9. The van der Waals surface area contributed by atoms with E-state index in [0.717, 1.165) is 47.0 Å². The maximum atomic E-state index is 12.6. The second-order valence-corrected chi connectivity index (χ2v) is 11.0. The molecule has 4 rings (SSSR count). The number of thioether (sulfide) groups is 1. The predicted molar refractivity (Wildman–Crippen MR) is 126 cm³/mol. The van der Waals surface area contributed by atoms with Crippen LogP contribution in [0.2, 0.25) is 0 Å². The first-order valence-corrected chi connectivity index (χ1v) is 12.7. The highest BCUT2D eigenvalue weighted by atomic mass is 32.2. The Bertz CT molecular complexity index is 1150. The third kappa shape index (κ3) is 4.32. The van der Waals surface area contributed by atoms with E-state index in [9.17, 15) is 9.59 Å². The fraction of sp³-hybridized carbons (Fsp3) is 0.500. The van der Waals surface area contributed by atoms with Crippen molar-refractivity contribution >= 4 is 55.7 Å². The minimum Gasteiger partial charge on any atom is -0.309 e. The van der Waals surface area contributed by atoms with Crippen LogP contribution in [0.4, 0.5) is 5.13 Å². The molecule has 0 fully saturated rings. The highest BCUT2D eigenvalue weighted by Gasteiger charge is 2.22. The van der Waals surface area contributed by atoms with Crippen molar-refractivity contribution in [2.24, 2.45) is 0 Å². The monoisotopic (exact) mass is 463 g/mol. The number of fused-ring (bicyclic) bond motifs is 2. The zero-order chi connectivity index (χ0) is 21.4. The number of aryl methyl sites for hydroxylation is 2. The first-order chi connectivity index (χ1) is 14.4. The number of nitrogens with zero attached hydrogens (tertiary/aromatic N) is 3. The molecule has 30 heavy (non-hydrogen) atoms. The molecule has 1 atom stereocenters. The zero-order valence-corrected chi connectivity index (χ0v) is 19.9. The first-order valence-electron chi connectivity index (χ1n) is 9.98. The maximum Gasteiger partial charge on any atom is 0.259 e. The summed E-state index contributed by atoms with van der Waals surface area (Å²) in [5, 5.41) is 4.02. The molecule has 1 aliphatic rings. The Labute approximate surface area is 187 Å². The van der Waals surface area contributed by atoms with E-state index in [-0.39, 0.29) is 16.7 Å². The van der Waals surface area contributed by atoms with Gasteiger partial charge in [0, 0.05) is 29.3 Å². The van der Waals surface area contributed by atoms with Gasteiger partial charge in [0.25, 0.3) is 5.56 Å². The molecular weight excluding hydrogens is 438 g/mol.